The highest BCUT2D eigenvalue weighted by Gasteiger charge is 2.10. The predicted octanol–water partition coefficient (Wildman–Crippen LogP) is 1.22. The Balaban J connectivity index is 3.07. The number of nitro benzene ring substituents is 1. The molecular weight excluding hydrogens is 193 g/mol. The maximum absolute atomic E-state index is 12.7. The van der Waals surface area contributed by atoms with Crippen LogP contribution in [0.5, 0.6) is 0 Å². The van der Waals surface area contributed by atoms with Crippen LogP contribution in [0, 0.1) is 15.9 Å². The number of rotatable bonds is 2. The van der Waals surface area contributed by atoms with Gasteiger partial charge in [0.15, 0.2) is 0 Å². The van der Waals surface area contributed by atoms with Crippen molar-refractivity contribution in [2.45, 2.75) is 0 Å². The van der Waals surface area contributed by atoms with Crippen molar-refractivity contribution in [2.75, 3.05) is 5.32 Å². The smallest absolute Gasteiger partial charge is 0.316 e. The largest absolute Gasteiger partial charge is 0.351 e. The van der Waals surface area contributed by atoms with Crippen LogP contribution in [0.25, 0.3) is 0 Å². The Morgan fingerprint density at radius 2 is 2.14 bits per heavy atom. The van der Waals surface area contributed by atoms with E-state index in [0.29, 0.717) is 0 Å². The molecule has 1 rings (SSSR count). The molecule has 0 saturated carbocycles. The summed E-state index contributed by atoms with van der Waals surface area (Å²) < 4.78 is 12.7. The molecule has 0 aliphatic heterocycles. The van der Waals surface area contributed by atoms with Crippen LogP contribution in [0.15, 0.2) is 18.2 Å². The van der Waals surface area contributed by atoms with Gasteiger partial charge in [-0.25, -0.2) is 9.18 Å². The van der Waals surface area contributed by atoms with Gasteiger partial charge in [-0.2, -0.15) is 0 Å². The van der Waals surface area contributed by atoms with E-state index in [-0.39, 0.29) is 5.69 Å². The molecule has 2 amide bonds. The van der Waals surface area contributed by atoms with Gasteiger partial charge in [0.05, 0.1) is 16.7 Å². The summed E-state index contributed by atoms with van der Waals surface area (Å²) >= 11 is 0. The third-order valence-electron chi connectivity index (χ3n) is 1.36. The first kappa shape index (κ1) is 9.90. The second-order valence-electron chi connectivity index (χ2n) is 2.44. The van der Waals surface area contributed by atoms with Gasteiger partial charge in [0.1, 0.15) is 5.82 Å². The minimum Gasteiger partial charge on any atom is -0.351 e. The molecule has 0 aliphatic carbocycles. The number of benzene rings is 1. The zero-order chi connectivity index (χ0) is 10.7. The number of nitrogens with two attached hydrogens (primary N) is 1. The van der Waals surface area contributed by atoms with E-state index in [9.17, 15) is 19.3 Å². The van der Waals surface area contributed by atoms with E-state index >= 15 is 0 Å². The maximum Gasteiger partial charge on any atom is 0.316 e. The number of urea groups is 1. The molecule has 74 valence electrons. The number of hydrogen-bond donors (Lipinski definition) is 2. The highest BCUT2D eigenvalue weighted by Crippen LogP contribution is 2.19. The van der Waals surface area contributed by atoms with E-state index in [2.05, 4.69) is 0 Å². The van der Waals surface area contributed by atoms with Gasteiger partial charge in [-0.1, -0.05) is 0 Å². The van der Waals surface area contributed by atoms with Gasteiger partial charge in [-0.05, 0) is 6.07 Å². The van der Waals surface area contributed by atoms with E-state index in [1.54, 1.807) is 0 Å². The predicted molar refractivity (Wildman–Crippen MR) is 46.3 cm³/mol. The third-order valence-corrected chi connectivity index (χ3v) is 1.36. The standard InChI is InChI=1S/C7H6FN3O3/c8-4-1-5(10-7(9)12)3-6(2-4)11(13)14/h1-3H,(H3,9,10,12). The van der Waals surface area contributed by atoms with Crippen molar-refractivity contribution < 1.29 is 14.1 Å². The number of carbonyl (C=O) groups is 1. The monoisotopic (exact) mass is 199 g/mol. The van der Waals surface area contributed by atoms with Crippen molar-refractivity contribution in [3.63, 3.8) is 0 Å². The molecular formula is C7H6FN3O3. The summed E-state index contributed by atoms with van der Waals surface area (Å²) in [5, 5.41) is 12.3. The fraction of sp³-hybridized carbons (Fsp3) is 0. The second-order valence-corrected chi connectivity index (χ2v) is 2.44. The molecule has 0 fully saturated rings. The lowest BCUT2D eigenvalue weighted by Crippen LogP contribution is -2.19. The van der Waals surface area contributed by atoms with Crippen LogP contribution in [0.3, 0.4) is 0 Å². The number of amides is 2. The number of non-ortho nitro benzene ring substituents is 1. The Bertz CT molecular complexity index is 394. The maximum atomic E-state index is 12.7. The van der Waals surface area contributed by atoms with Gasteiger partial charge in [-0.3, -0.25) is 10.1 Å². The molecule has 14 heavy (non-hydrogen) atoms. The van der Waals surface area contributed by atoms with Crippen LogP contribution in [-0.4, -0.2) is 11.0 Å². The van der Waals surface area contributed by atoms with Crippen LogP contribution in [0.4, 0.5) is 20.6 Å². The molecule has 0 unspecified atom stereocenters. The molecule has 0 spiro atoms. The third kappa shape index (κ3) is 2.41. The summed E-state index contributed by atoms with van der Waals surface area (Å²) in [5.41, 5.74) is 4.26. The molecule has 0 aliphatic rings. The van der Waals surface area contributed by atoms with Crippen LogP contribution in [-0.2, 0) is 0 Å². The summed E-state index contributed by atoms with van der Waals surface area (Å²) in [6, 6.07) is 1.77. The van der Waals surface area contributed by atoms with E-state index in [4.69, 9.17) is 5.73 Å². The molecule has 7 heteroatoms. The first-order chi connectivity index (χ1) is 6.49. The summed E-state index contributed by atoms with van der Waals surface area (Å²) in [6.07, 6.45) is 0. The number of halogens is 1. The number of primary amides is 1. The second kappa shape index (κ2) is 3.69. The molecule has 6 nitrogen and oxygen atoms in total. The van der Waals surface area contributed by atoms with Crippen LogP contribution in [0.2, 0.25) is 0 Å². The van der Waals surface area contributed by atoms with E-state index in [1.807, 2.05) is 5.32 Å². The summed E-state index contributed by atoms with van der Waals surface area (Å²) in [5.74, 6) is -0.817. The lowest BCUT2D eigenvalue weighted by molar-refractivity contribution is -0.385. The number of carbonyl (C=O) groups excluding carboxylic acids is 1. The Hall–Kier alpha value is -2.18. The molecule has 0 heterocycles. The van der Waals surface area contributed by atoms with Gasteiger partial charge in [-0.15, -0.1) is 0 Å². The Kier molecular flexibility index (Phi) is 2.61. The first-order valence-electron chi connectivity index (χ1n) is 3.50. The molecule has 3 N–H and O–H groups in total. The normalized spacial score (nSPS) is 9.50. The topological polar surface area (TPSA) is 98.3 Å². The van der Waals surface area contributed by atoms with Gasteiger partial charge < -0.3 is 11.1 Å². The van der Waals surface area contributed by atoms with Crippen molar-refractivity contribution in [3.05, 3.63) is 34.1 Å². The van der Waals surface area contributed by atoms with Crippen LogP contribution < -0.4 is 11.1 Å². The van der Waals surface area contributed by atoms with Crippen molar-refractivity contribution in [3.8, 4) is 0 Å². The molecule has 0 aromatic heterocycles. The summed E-state index contributed by atoms with van der Waals surface area (Å²) in [6.45, 7) is 0. The minimum atomic E-state index is -0.912. The molecule has 0 atom stereocenters. The van der Waals surface area contributed by atoms with Crippen LogP contribution >= 0.6 is 0 Å². The van der Waals surface area contributed by atoms with Crippen molar-refractivity contribution in [2.24, 2.45) is 5.73 Å². The van der Waals surface area contributed by atoms with Gasteiger partial charge in [0, 0.05) is 6.07 Å². The SMILES string of the molecule is NC(=O)Nc1cc(F)cc([N+](=O)[O-])c1. The number of nitro groups is 1. The number of hydrogen-bond acceptors (Lipinski definition) is 3. The highest BCUT2D eigenvalue weighted by atomic mass is 19.1. The lowest BCUT2D eigenvalue weighted by atomic mass is 10.2. The van der Waals surface area contributed by atoms with Gasteiger partial charge >= 0.3 is 6.03 Å². The molecule has 0 saturated heterocycles. The minimum absolute atomic E-state index is 0.0517. The fourth-order valence-corrected chi connectivity index (χ4v) is 0.894. The quantitative estimate of drug-likeness (QED) is 0.553. The number of nitrogens with one attached hydrogen (secondary N) is 1. The number of nitrogens with zero attached hydrogens (tertiary/aromatic N) is 1. The molecule has 0 bridgehead atoms. The number of anilines is 1. The average molecular weight is 199 g/mol. The van der Waals surface area contributed by atoms with Gasteiger partial charge in [0.2, 0.25) is 0 Å². The Labute approximate surface area is 77.7 Å². The van der Waals surface area contributed by atoms with Crippen LogP contribution in [0.1, 0.15) is 0 Å². The van der Waals surface area contributed by atoms with E-state index in [0.717, 1.165) is 18.2 Å². The molecule has 0 radical (unpaired) electrons. The van der Waals surface area contributed by atoms with Crippen molar-refractivity contribution in [1.82, 2.24) is 0 Å². The van der Waals surface area contributed by atoms with Crippen molar-refractivity contribution >= 4 is 17.4 Å². The summed E-state index contributed by atoms with van der Waals surface area (Å²) in [7, 11) is 0. The van der Waals surface area contributed by atoms with Gasteiger partial charge in [0.25, 0.3) is 5.69 Å². The average Bonchev–Trinajstić information content (AvgIpc) is 2.01. The highest BCUT2D eigenvalue weighted by molar-refractivity contribution is 5.88. The molecule has 1 aromatic rings. The fourth-order valence-electron chi connectivity index (χ4n) is 0.894. The van der Waals surface area contributed by atoms with Crippen molar-refractivity contribution in [1.29, 1.82) is 0 Å². The Morgan fingerprint density at radius 3 is 2.64 bits per heavy atom. The van der Waals surface area contributed by atoms with E-state index < -0.39 is 22.5 Å². The molecule has 1 aromatic carbocycles. The lowest BCUT2D eigenvalue weighted by Gasteiger charge is -2.01. The zero-order valence-corrected chi connectivity index (χ0v) is 6.86. The zero-order valence-electron chi connectivity index (χ0n) is 6.86. The summed E-state index contributed by atoms with van der Waals surface area (Å²) in [4.78, 5) is 19.9. The first-order valence-corrected chi connectivity index (χ1v) is 3.50. The van der Waals surface area contributed by atoms with E-state index in [1.165, 1.54) is 0 Å². The Morgan fingerprint density at radius 1 is 1.50 bits per heavy atom.